The van der Waals surface area contributed by atoms with Gasteiger partial charge in [-0.05, 0) is 61.1 Å². The van der Waals surface area contributed by atoms with E-state index in [2.05, 4.69) is 15.5 Å². The average Bonchev–Trinajstić information content (AvgIpc) is 3.37. The molecule has 0 spiro atoms. The molecule has 1 aromatic heterocycles. The van der Waals surface area contributed by atoms with Crippen LogP contribution in [-0.2, 0) is 17.6 Å². The lowest BCUT2D eigenvalue weighted by Crippen LogP contribution is -2.51. The van der Waals surface area contributed by atoms with Gasteiger partial charge in [0.25, 0.3) is 0 Å². The van der Waals surface area contributed by atoms with E-state index in [-0.39, 0.29) is 23.8 Å². The third kappa shape index (κ3) is 6.11. The summed E-state index contributed by atoms with van der Waals surface area (Å²) in [6.45, 7) is 0.436. The van der Waals surface area contributed by atoms with E-state index in [1.165, 1.54) is 12.1 Å². The van der Waals surface area contributed by atoms with Gasteiger partial charge in [-0.2, -0.15) is 4.98 Å². The first-order chi connectivity index (χ1) is 17.3. The van der Waals surface area contributed by atoms with Gasteiger partial charge in [-0.3, -0.25) is 0 Å². The van der Waals surface area contributed by atoms with E-state index in [4.69, 9.17) is 15.4 Å². The number of benzene rings is 2. The molecule has 36 heavy (non-hydrogen) atoms. The summed E-state index contributed by atoms with van der Waals surface area (Å²) in [4.78, 5) is 31.1. The van der Waals surface area contributed by atoms with Crippen LogP contribution >= 0.6 is 0 Å². The number of hydrogen-bond donors (Lipinski definition) is 4. The zero-order valence-corrected chi connectivity index (χ0v) is 19.6. The summed E-state index contributed by atoms with van der Waals surface area (Å²) < 4.78 is 5.49. The van der Waals surface area contributed by atoms with Gasteiger partial charge >= 0.3 is 12.0 Å². The second-order valence-electron chi connectivity index (χ2n) is 8.91. The van der Waals surface area contributed by atoms with Crippen molar-refractivity contribution >= 4 is 12.0 Å². The molecule has 3 aromatic rings. The van der Waals surface area contributed by atoms with Gasteiger partial charge < -0.3 is 35.8 Å². The third-order valence-corrected chi connectivity index (χ3v) is 6.22. The fourth-order valence-corrected chi connectivity index (χ4v) is 4.25. The molecular weight excluding hydrogens is 466 g/mol. The topological polar surface area (TPSA) is 178 Å². The number of carbonyl (C=O) groups is 2. The molecule has 4 rings (SSSR count). The van der Waals surface area contributed by atoms with Gasteiger partial charge in [0, 0.05) is 17.8 Å². The number of phenols is 2. The van der Waals surface area contributed by atoms with Crippen LogP contribution in [0.4, 0.5) is 4.79 Å². The van der Waals surface area contributed by atoms with Crippen LogP contribution in [0.25, 0.3) is 0 Å². The van der Waals surface area contributed by atoms with Crippen molar-refractivity contribution in [3.05, 3.63) is 71.4 Å². The lowest BCUT2D eigenvalue weighted by atomic mass is 10.0. The summed E-state index contributed by atoms with van der Waals surface area (Å²) in [5.41, 5.74) is 7.88. The Hall–Kier alpha value is -4.12. The normalized spacial score (nSPS) is 17.4. The molecule has 190 valence electrons. The molecule has 11 heteroatoms. The Balaban J connectivity index is 1.44. The van der Waals surface area contributed by atoms with Crippen molar-refractivity contribution in [2.75, 3.05) is 6.54 Å². The van der Waals surface area contributed by atoms with Gasteiger partial charge in [0.2, 0.25) is 5.89 Å². The van der Waals surface area contributed by atoms with Crippen LogP contribution < -0.4 is 11.1 Å². The number of phenolic OH excluding ortho intramolecular Hbond substituents is 2. The second kappa shape index (κ2) is 11.1. The average molecular weight is 497 g/mol. The zero-order valence-electron chi connectivity index (χ0n) is 19.6. The number of amides is 2. The maximum Gasteiger partial charge on any atom is 0.539 e. The summed E-state index contributed by atoms with van der Waals surface area (Å²) in [5.74, 6) is -0.0641. The summed E-state index contributed by atoms with van der Waals surface area (Å²) in [5, 5.41) is 33.2. The van der Waals surface area contributed by atoms with Crippen molar-refractivity contribution in [1.82, 2.24) is 20.4 Å². The molecule has 2 heterocycles. The predicted octanol–water partition coefficient (Wildman–Crippen LogP) is 1.82. The number of carbonyl (C=O) groups excluding carboxylic acids is 2. The van der Waals surface area contributed by atoms with Crippen LogP contribution in [0.2, 0.25) is 0 Å². The molecule has 2 amide bonds. The Morgan fingerprint density at radius 3 is 2.28 bits per heavy atom. The Kier molecular flexibility index (Phi) is 7.69. The molecule has 1 aliphatic heterocycles. The highest BCUT2D eigenvalue weighted by molar-refractivity contribution is 5.83. The Labute approximate surface area is 207 Å². The van der Waals surface area contributed by atoms with E-state index in [0.29, 0.717) is 30.8 Å². The van der Waals surface area contributed by atoms with Crippen LogP contribution in [0.5, 0.6) is 11.5 Å². The highest BCUT2D eigenvalue weighted by Crippen LogP contribution is 2.31. The van der Waals surface area contributed by atoms with Crippen LogP contribution in [0.1, 0.15) is 54.2 Å². The molecule has 11 nitrogen and oxygen atoms in total. The van der Waals surface area contributed by atoms with Crippen molar-refractivity contribution in [2.24, 2.45) is 5.73 Å². The van der Waals surface area contributed by atoms with Gasteiger partial charge in [0.1, 0.15) is 17.5 Å². The fourth-order valence-electron chi connectivity index (χ4n) is 4.25. The molecule has 0 bridgehead atoms. The number of likely N-dealkylation sites (tertiary alicyclic amines) is 1. The first kappa shape index (κ1) is 25.0. The molecule has 0 unspecified atom stereocenters. The summed E-state index contributed by atoms with van der Waals surface area (Å²) in [6, 6.07) is 10.4. The third-order valence-electron chi connectivity index (χ3n) is 6.22. The lowest BCUT2D eigenvalue weighted by molar-refractivity contribution is -0.139. The molecule has 0 radical (unpaired) electrons. The fraction of sp³-hybridized carbons (Fsp3) is 0.360. The van der Waals surface area contributed by atoms with Crippen molar-refractivity contribution in [3.8, 4) is 11.5 Å². The van der Waals surface area contributed by atoms with Gasteiger partial charge in [-0.25, -0.2) is 4.79 Å². The van der Waals surface area contributed by atoms with Crippen LogP contribution in [0.3, 0.4) is 0 Å². The van der Waals surface area contributed by atoms with Crippen LogP contribution in [0.15, 0.2) is 53.1 Å². The van der Waals surface area contributed by atoms with E-state index in [0.717, 1.165) is 18.4 Å². The van der Waals surface area contributed by atoms with Crippen molar-refractivity contribution < 1.29 is 29.4 Å². The second-order valence-corrected chi connectivity index (χ2v) is 8.91. The van der Waals surface area contributed by atoms with E-state index >= 15 is 0 Å². The SMILES string of the molecule is N[C@@H](Cc1ccc(O)cc1)c1noc([C@@H]2CCCCN2C(=O)N[C@@H](Cc2ccc(O)cc2)C(=O)[OH2+])n1. The van der Waals surface area contributed by atoms with Crippen molar-refractivity contribution in [3.63, 3.8) is 0 Å². The quantitative estimate of drug-likeness (QED) is 0.341. The highest BCUT2D eigenvalue weighted by Gasteiger charge is 2.36. The zero-order chi connectivity index (χ0) is 25.7. The highest BCUT2D eigenvalue weighted by atomic mass is 16.5. The molecule has 3 atom stereocenters. The Bertz CT molecular complexity index is 1180. The predicted molar refractivity (Wildman–Crippen MR) is 129 cm³/mol. The van der Waals surface area contributed by atoms with E-state index < -0.39 is 30.1 Å². The van der Waals surface area contributed by atoms with Gasteiger partial charge in [0.05, 0.1) is 6.04 Å². The maximum atomic E-state index is 13.2. The molecule has 0 saturated carbocycles. The monoisotopic (exact) mass is 496 g/mol. The van der Waals surface area contributed by atoms with Gasteiger partial charge in [0.15, 0.2) is 11.9 Å². The molecule has 0 aliphatic carbocycles. The first-order valence-corrected chi connectivity index (χ1v) is 11.8. The number of rotatable bonds is 8. The minimum absolute atomic E-state index is 0.0920. The molecule has 2 aromatic carbocycles. The van der Waals surface area contributed by atoms with Crippen molar-refractivity contribution in [2.45, 2.75) is 50.2 Å². The van der Waals surface area contributed by atoms with E-state index in [1.54, 1.807) is 41.3 Å². The minimum atomic E-state index is -1.04. The molecule has 1 aliphatic rings. The number of nitrogens with zero attached hydrogens (tertiary/aromatic N) is 3. The largest absolute Gasteiger partial charge is 0.563 e. The number of urea groups is 1. The Morgan fingerprint density at radius 1 is 1.06 bits per heavy atom. The number of piperidine rings is 1. The Morgan fingerprint density at radius 2 is 1.67 bits per heavy atom. The number of aromatic hydroxyl groups is 2. The standard InChI is InChI=1S/C25H29N5O6/c26-19(13-15-4-8-17(31)9-5-15)22-28-23(36-29-22)21-3-1-2-12-30(21)25(35)27-20(24(33)34)14-16-6-10-18(32)11-7-16/h4-11,19-21,31-32H,1-3,12-14,26H2,(H,27,35)(H,33,34)/p+1/t19-,20-,21-/m0/s1. The minimum Gasteiger partial charge on any atom is -0.563 e. The van der Waals surface area contributed by atoms with Crippen molar-refractivity contribution in [1.29, 1.82) is 0 Å². The molecular formula is C25H30N5O6+. The molecule has 1 fully saturated rings. The van der Waals surface area contributed by atoms with Gasteiger partial charge in [-0.15, -0.1) is 0 Å². The van der Waals surface area contributed by atoms with E-state index in [9.17, 15) is 19.8 Å². The summed E-state index contributed by atoms with van der Waals surface area (Å²) >= 11 is 0. The first-order valence-electron chi connectivity index (χ1n) is 11.8. The summed E-state index contributed by atoms with van der Waals surface area (Å²) in [7, 11) is 0. The maximum absolute atomic E-state index is 13.2. The van der Waals surface area contributed by atoms with Crippen LogP contribution in [-0.4, -0.2) is 54.9 Å². The smallest absolute Gasteiger partial charge is 0.539 e. The van der Waals surface area contributed by atoms with Gasteiger partial charge in [-0.1, -0.05) is 29.4 Å². The number of nitrogens with one attached hydrogen (secondary N) is 1. The van der Waals surface area contributed by atoms with Crippen LogP contribution in [0, 0.1) is 0 Å². The van der Waals surface area contributed by atoms with E-state index in [1.807, 2.05) is 0 Å². The lowest BCUT2D eigenvalue weighted by Gasteiger charge is -2.33. The molecule has 1 saturated heterocycles. The number of hydrogen-bond acceptors (Lipinski definition) is 8. The number of nitrogens with two attached hydrogens (primary N) is 1. The molecule has 7 N–H and O–H groups in total. The summed E-state index contributed by atoms with van der Waals surface area (Å²) in [6.07, 6.45) is 2.82. The number of aromatic nitrogens is 2.